The predicted molar refractivity (Wildman–Crippen MR) is 69.4 cm³/mol. The quantitative estimate of drug-likeness (QED) is 0.632. The van der Waals surface area contributed by atoms with Gasteiger partial charge in [0.25, 0.3) is 0 Å². The van der Waals surface area contributed by atoms with Crippen molar-refractivity contribution in [1.82, 2.24) is 0 Å². The molecule has 1 aromatic rings. The van der Waals surface area contributed by atoms with Crippen LogP contribution in [0.15, 0.2) is 18.2 Å². The maximum atomic E-state index is 12.4. The summed E-state index contributed by atoms with van der Waals surface area (Å²) in [6.07, 6.45) is -1.00. The van der Waals surface area contributed by atoms with E-state index in [0.717, 1.165) is 5.56 Å². The van der Waals surface area contributed by atoms with Gasteiger partial charge in [0, 0.05) is 0 Å². The normalized spacial score (nSPS) is 21.1. The number of hydrogen-bond donors (Lipinski definition) is 0. The van der Waals surface area contributed by atoms with E-state index in [1.807, 2.05) is 13.8 Å². The van der Waals surface area contributed by atoms with E-state index in [1.54, 1.807) is 18.2 Å². The summed E-state index contributed by atoms with van der Waals surface area (Å²) >= 11 is 0. The Bertz CT molecular complexity index is 650. The molecule has 4 nitrogen and oxygen atoms in total. The number of alkyl halides is 3. The zero-order valence-electron chi connectivity index (χ0n) is 11.7. The second-order valence-electron chi connectivity index (χ2n) is 5.53. The summed E-state index contributed by atoms with van der Waals surface area (Å²) in [4.78, 5) is 0. The fourth-order valence-electron chi connectivity index (χ4n) is 2.51. The van der Waals surface area contributed by atoms with Gasteiger partial charge in [0.2, 0.25) is 0 Å². The van der Waals surface area contributed by atoms with E-state index in [2.05, 4.69) is 4.18 Å². The summed E-state index contributed by atoms with van der Waals surface area (Å²) in [6.45, 7) is 3.63. The Kier molecular flexibility index (Phi) is 3.74. The molecule has 0 saturated carbocycles. The second-order valence-corrected chi connectivity index (χ2v) is 7.09. The lowest BCUT2D eigenvalue weighted by Crippen LogP contribution is -2.27. The van der Waals surface area contributed by atoms with Crippen LogP contribution in [0.25, 0.3) is 0 Å². The third-order valence-corrected chi connectivity index (χ3v) is 4.61. The lowest BCUT2D eigenvalue weighted by molar-refractivity contribution is -0.0578. The topological polar surface area (TPSA) is 52.6 Å². The second kappa shape index (κ2) is 4.88. The zero-order valence-corrected chi connectivity index (χ0v) is 12.5. The van der Waals surface area contributed by atoms with Crippen molar-refractivity contribution in [1.29, 1.82) is 0 Å². The third kappa shape index (κ3) is 2.87. The Morgan fingerprint density at radius 3 is 2.43 bits per heavy atom. The van der Waals surface area contributed by atoms with Crippen LogP contribution in [0.1, 0.15) is 37.5 Å². The van der Waals surface area contributed by atoms with Crippen molar-refractivity contribution in [3.05, 3.63) is 29.3 Å². The minimum Gasteiger partial charge on any atom is -0.497 e. The highest BCUT2D eigenvalue weighted by atomic mass is 32.2. The number of hydrogen-bond acceptors (Lipinski definition) is 4. The molecule has 8 heteroatoms. The molecule has 0 bridgehead atoms. The van der Waals surface area contributed by atoms with Gasteiger partial charge in [0.1, 0.15) is 11.9 Å². The molecule has 0 spiro atoms. The summed E-state index contributed by atoms with van der Waals surface area (Å²) < 4.78 is 69.2. The zero-order chi connectivity index (χ0) is 16.1. The summed E-state index contributed by atoms with van der Waals surface area (Å²) in [6, 6.07) is 4.80. The first-order valence-electron chi connectivity index (χ1n) is 6.16. The first kappa shape index (κ1) is 16.1. The molecule has 1 aromatic carbocycles. The number of ether oxygens (including phenoxy) is 1. The molecule has 21 heavy (non-hydrogen) atoms. The molecule has 1 aliphatic carbocycles. The van der Waals surface area contributed by atoms with E-state index in [4.69, 9.17) is 4.74 Å². The molecule has 0 saturated heterocycles. The van der Waals surface area contributed by atoms with Gasteiger partial charge in [-0.2, -0.15) is 21.6 Å². The first-order chi connectivity index (χ1) is 9.48. The van der Waals surface area contributed by atoms with Crippen LogP contribution in [0.5, 0.6) is 5.75 Å². The summed E-state index contributed by atoms with van der Waals surface area (Å²) in [5.74, 6) is 0.557. The van der Waals surface area contributed by atoms with Gasteiger partial charge < -0.3 is 4.74 Å². The fraction of sp³-hybridized carbons (Fsp3) is 0.538. The third-order valence-electron chi connectivity index (χ3n) is 3.56. The van der Waals surface area contributed by atoms with Crippen molar-refractivity contribution in [2.45, 2.75) is 37.3 Å². The van der Waals surface area contributed by atoms with Crippen molar-refractivity contribution < 1.29 is 30.5 Å². The average Bonchev–Trinajstić information content (AvgIpc) is 2.58. The smallest absolute Gasteiger partial charge is 0.497 e. The molecule has 0 amide bonds. The molecule has 2 rings (SSSR count). The van der Waals surface area contributed by atoms with E-state index in [9.17, 15) is 21.6 Å². The standard InChI is InChI=1S/C13H15F3O4S/c1-12(2)7-11(20-21(17,18)13(14,15)16)9-5-4-8(19-3)6-10(9)12/h4-6,11H,7H2,1-3H3. The molecule has 118 valence electrons. The minimum atomic E-state index is -5.62. The molecule has 1 atom stereocenters. The number of methoxy groups -OCH3 is 1. The fourth-order valence-corrected chi connectivity index (χ4v) is 3.09. The van der Waals surface area contributed by atoms with Crippen molar-refractivity contribution >= 4 is 10.1 Å². The Hall–Kier alpha value is -1.28. The molecule has 0 aliphatic heterocycles. The Morgan fingerprint density at radius 1 is 1.29 bits per heavy atom. The monoisotopic (exact) mass is 324 g/mol. The van der Waals surface area contributed by atoms with E-state index < -0.39 is 27.1 Å². The van der Waals surface area contributed by atoms with Crippen molar-refractivity contribution in [2.24, 2.45) is 0 Å². The van der Waals surface area contributed by atoms with Crippen LogP contribution in [-0.2, 0) is 19.7 Å². The maximum Gasteiger partial charge on any atom is 0.523 e. The van der Waals surface area contributed by atoms with Gasteiger partial charge in [0.05, 0.1) is 7.11 Å². The van der Waals surface area contributed by atoms with Crippen LogP contribution in [0.3, 0.4) is 0 Å². The first-order valence-corrected chi connectivity index (χ1v) is 7.57. The Morgan fingerprint density at radius 2 is 1.90 bits per heavy atom. The van der Waals surface area contributed by atoms with E-state index in [1.165, 1.54) is 7.11 Å². The van der Waals surface area contributed by atoms with Crippen molar-refractivity contribution in [3.63, 3.8) is 0 Å². The number of halogens is 3. The highest BCUT2D eigenvalue weighted by Gasteiger charge is 2.51. The molecule has 0 heterocycles. The molecule has 1 aliphatic rings. The Balaban J connectivity index is 2.40. The summed E-state index contributed by atoms with van der Waals surface area (Å²) in [5, 5.41) is 0. The molecule has 0 fully saturated rings. The Labute approximate surface area is 121 Å². The van der Waals surface area contributed by atoms with Gasteiger partial charge in [-0.3, -0.25) is 4.18 Å². The maximum absolute atomic E-state index is 12.4. The van der Waals surface area contributed by atoms with Crippen LogP contribution >= 0.6 is 0 Å². The van der Waals surface area contributed by atoms with Crippen LogP contribution in [0, 0.1) is 0 Å². The highest BCUT2D eigenvalue weighted by Crippen LogP contribution is 2.48. The van der Waals surface area contributed by atoms with Gasteiger partial charge in [-0.15, -0.1) is 0 Å². The van der Waals surface area contributed by atoms with Crippen molar-refractivity contribution in [2.75, 3.05) is 7.11 Å². The van der Waals surface area contributed by atoms with Crippen LogP contribution in [0.4, 0.5) is 13.2 Å². The number of fused-ring (bicyclic) bond motifs is 1. The van der Waals surface area contributed by atoms with Gasteiger partial charge in [0.15, 0.2) is 0 Å². The SMILES string of the molecule is COc1ccc2c(c1)C(C)(C)CC2OS(=O)(=O)C(F)(F)F. The molecular formula is C13H15F3O4S. The molecule has 0 aromatic heterocycles. The average molecular weight is 324 g/mol. The molecule has 0 N–H and O–H groups in total. The van der Waals surface area contributed by atoms with Crippen LogP contribution in [0.2, 0.25) is 0 Å². The lowest BCUT2D eigenvalue weighted by atomic mass is 9.86. The largest absolute Gasteiger partial charge is 0.523 e. The van der Waals surface area contributed by atoms with Gasteiger partial charge >= 0.3 is 15.6 Å². The summed E-state index contributed by atoms with van der Waals surface area (Å²) in [5.41, 5.74) is -4.76. The van der Waals surface area contributed by atoms with Crippen LogP contribution < -0.4 is 4.74 Å². The molecule has 0 radical (unpaired) electrons. The molecule has 1 unspecified atom stereocenters. The number of benzene rings is 1. The number of rotatable bonds is 3. The minimum absolute atomic E-state index is 0.144. The van der Waals surface area contributed by atoms with E-state index >= 15 is 0 Å². The van der Waals surface area contributed by atoms with Gasteiger partial charge in [-0.05, 0) is 35.1 Å². The predicted octanol–water partition coefficient (Wildman–Crippen LogP) is 3.28. The van der Waals surface area contributed by atoms with E-state index in [-0.39, 0.29) is 6.42 Å². The van der Waals surface area contributed by atoms with E-state index in [0.29, 0.717) is 11.3 Å². The van der Waals surface area contributed by atoms with Gasteiger partial charge in [-0.1, -0.05) is 19.9 Å². The highest BCUT2D eigenvalue weighted by molar-refractivity contribution is 7.87. The summed E-state index contributed by atoms with van der Waals surface area (Å²) in [7, 11) is -4.14. The van der Waals surface area contributed by atoms with Gasteiger partial charge in [-0.25, -0.2) is 0 Å². The molecular weight excluding hydrogens is 309 g/mol. The lowest BCUT2D eigenvalue weighted by Gasteiger charge is -2.19. The van der Waals surface area contributed by atoms with Crippen LogP contribution in [-0.4, -0.2) is 21.0 Å². The van der Waals surface area contributed by atoms with Crippen molar-refractivity contribution in [3.8, 4) is 5.75 Å².